The number of hydrogen-bond acceptors (Lipinski definition) is 4. The highest BCUT2D eigenvalue weighted by atomic mass is 35.5. The van der Waals surface area contributed by atoms with Crippen molar-refractivity contribution in [1.29, 1.82) is 0 Å². The molecule has 1 N–H and O–H groups in total. The summed E-state index contributed by atoms with van der Waals surface area (Å²) in [5, 5.41) is 3.01. The number of imide groups is 1. The van der Waals surface area contributed by atoms with Gasteiger partial charge in [-0.05, 0) is 55.7 Å². The van der Waals surface area contributed by atoms with Crippen molar-refractivity contribution in [3.8, 4) is 11.5 Å². The number of aryl methyl sites for hydroxylation is 2. The third-order valence-electron chi connectivity index (χ3n) is 5.53. The molecule has 1 aliphatic heterocycles. The molecule has 3 aromatic rings. The van der Waals surface area contributed by atoms with E-state index in [2.05, 4.69) is 5.32 Å². The quantitative estimate of drug-likeness (QED) is 0.309. The van der Waals surface area contributed by atoms with Gasteiger partial charge in [-0.2, -0.15) is 0 Å². The average Bonchev–Trinajstić information content (AvgIpc) is 3.07. The average molecular weight is 491 g/mol. The molecule has 6 nitrogen and oxygen atoms in total. The Balaban J connectivity index is 1.55. The summed E-state index contributed by atoms with van der Waals surface area (Å²) in [6, 6.07) is 18.7. The molecule has 0 spiro atoms. The first-order valence-electron chi connectivity index (χ1n) is 11.4. The van der Waals surface area contributed by atoms with E-state index in [-0.39, 0.29) is 12.2 Å². The van der Waals surface area contributed by atoms with Crippen LogP contribution in [0.3, 0.4) is 0 Å². The fourth-order valence-electron chi connectivity index (χ4n) is 3.79. The fraction of sp³-hybridized carbons (Fsp3) is 0.214. The van der Waals surface area contributed by atoms with Crippen molar-refractivity contribution >= 4 is 29.6 Å². The Morgan fingerprint density at radius 1 is 0.943 bits per heavy atom. The summed E-state index contributed by atoms with van der Waals surface area (Å²) >= 11 is 6.55. The van der Waals surface area contributed by atoms with Crippen LogP contribution in [0.15, 0.2) is 66.4 Å². The van der Waals surface area contributed by atoms with Crippen molar-refractivity contribution in [1.82, 2.24) is 10.2 Å². The molecule has 3 amide bonds. The summed E-state index contributed by atoms with van der Waals surface area (Å²) < 4.78 is 11.8. The molecule has 0 atom stereocenters. The van der Waals surface area contributed by atoms with E-state index in [0.29, 0.717) is 35.3 Å². The molecular weight excluding hydrogens is 464 g/mol. The molecule has 35 heavy (non-hydrogen) atoms. The van der Waals surface area contributed by atoms with Crippen LogP contribution in [0.25, 0.3) is 6.08 Å². The van der Waals surface area contributed by atoms with E-state index in [1.165, 1.54) is 4.90 Å². The van der Waals surface area contributed by atoms with Gasteiger partial charge >= 0.3 is 6.03 Å². The molecule has 0 aromatic heterocycles. The second kappa shape index (κ2) is 10.7. The maximum atomic E-state index is 12.9. The number of nitrogens with one attached hydrogen (secondary N) is 1. The van der Waals surface area contributed by atoms with E-state index in [0.717, 1.165) is 22.3 Å². The number of rotatable bonds is 8. The minimum absolute atomic E-state index is 0.175. The number of nitrogens with zero attached hydrogens (tertiary/aromatic N) is 1. The minimum Gasteiger partial charge on any atom is -0.490 e. The Morgan fingerprint density at radius 2 is 1.71 bits per heavy atom. The standard InChI is InChI=1S/C28H27ClN2O4/c1-4-34-25-15-22(13-23(29)26(25)35-17-21-7-5-6-19(3)12-21)14-24-27(32)31(28(33)30-24)16-20-10-8-18(2)9-11-20/h5-15H,4,16-17H2,1-3H3,(H,30,33)/b24-14+. The number of amides is 3. The number of urea groups is 1. The Bertz CT molecular complexity index is 1280. The van der Waals surface area contributed by atoms with Gasteiger partial charge in [0.15, 0.2) is 11.5 Å². The van der Waals surface area contributed by atoms with Crippen molar-refractivity contribution in [2.24, 2.45) is 0 Å². The lowest BCUT2D eigenvalue weighted by Crippen LogP contribution is -2.30. The van der Waals surface area contributed by atoms with Crippen molar-refractivity contribution in [3.05, 3.63) is 99.2 Å². The van der Waals surface area contributed by atoms with Crippen LogP contribution >= 0.6 is 11.6 Å². The number of hydrogen-bond donors (Lipinski definition) is 1. The van der Waals surface area contributed by atoms with E-state index < -0.39 is 11.9 Å². The molecule has 180 valence electrons. The zero-order valence-corrected chi connectivity index (χ0v) is 20.7. The van der Waals surface area contributed by atoms with Gasteiger partial charge in [0.05, 0.1) is 18.2 Å². The zero-order chi connectivity index (χ0) is 24.9. The molecular formula is C28H27ClN2O4. The molecule has 0 aliphatic carbocycles. The monoisotopic (exact) mass is 490 g/mol. The van der Waals surface area contributed by atoms with Crippen molar-refractivity contribution in [3.63, 3.8) is 0 Å². The fourth-order valence-corrected chi connectivity index (χ4v) is 4.06. The number of halogens is 1. The van der Waals surface area contributed by atoms with E-state index in [1.54, 1.807) is 18.2 Å². The normalized spacial score (nSPS) is 14.4. The van der Waals surface area contributed by atoms with Crippen molar-refractivity contribution in [2.75, 3.05) is 6.61 Å². The van der Waals surface area contributed by atoms with E-state index in [4.69, 9.17) is 21.1 Å². The van der Waals surface area contributed by atoms with Gasteiger partial charge < -0.3 is 14.8 Å². The summed E-state index contributed by atoms with van der Waals surface area (Å²) in [6.45, 7) is 6.82. The van der Waals surface area contributed by atoms with Gasteiger partial charge in [-0.1, -0.05) is 71.3 Å². The number of benzene rings is 3. The van der Waals surface area contributed by atoms with Crippen LogP contribution in [-0.4, -0.2) is 23.4 Å². The molecule has 0 saturated carbocycles. The number of ether oxygens (including phenoxy) is 2. The first kappa shape index (κ1) is 24.4. The van der Waals surface area contributed by atoms with Gasteiger partial charge in [-0.15, -0.1) is 0 Å². The Morgan fingerprint density at radius 3 is 2.43 bits per heavy atom. The lowest BCUT2D eigenvalue weighted by atomic mass is 10.1. The van der Waals surface area contributed by atoms with Gasteiger partial charge in [0, 0.05) is 0 Å². The largest absolute Gasteiger partial charge is 0.490 e. The van der Waals surface area contributed by atoms with Crippen LogP contribution in [0.5, 0.6) is 11.5 Å². The van der Waals surface area contributed by atoms with E-state index in [9.17, 15) is 9.59 Å². The highest BCUT2D eigenvalue weighted by molar-refractivity contribution is 6.32. The van der Waals surface area contributed by atoms with Gasteiger partial charge in [0.2, 0.25) is 0 Å². The maximum Gasteiger partial charge on any atom is 0.329 e. The van der Waals surface area contributed by atoms with Crippen LogP contribution in [0, 0.1) is 13.8 Å². The molecule has 1 fully saturated rings. The van der Waals surface area contributed by atoms with Crippen molar-refractivity contribution < 1.29 is 19.1 Å². The molecule has 1 heterocycles. The van der Waals surface area contributed by atoms with E-state index in [1.807, 2.05) is 69.3 Å². The summed E-state index contributed by atoms with van der Waals surface area (Å²) in [7, 11) is 0. The molecule has 0 unspecified atom stereocenters. The minimum atomic E-state index is -0.462. The van der Waals surface area contributed by atoms with Crippen LogP contribution in [0.1, 0.15) is 34.7 Å². The third-order valence-corrected chi connectivity index (χ3v) is 5.81. The molecule has 1 aliphatic rings. The van der Waals surface area contributed by atoms with Gasteiger partial charge in [0.25, 0.3) is 5.91 Å². The third kappa shape index (κ3) is 5.84. The predicted octanol–water partition coefficient (Wildman–Crippen LogP) is 6.03. The summed E-state index contributed by atoms with van der Waals surface area (Å²) in [5.74, 6) is 0.497. The highest BCUT2D eigenvalue weighted by Crippen LogP contribution is 2.38. The number of carbonyl (C=O) groups is 2. The van der Waals surface area contributed by atoms with Gasteiger partial charge in [-0.3, -0.25) is 9.69 Å². The molecule has 7 heteroatoms. The van der Waals surface area contributed by atoms with Gasteiger partial charge in [-0.25, -0.2) is 4.79 Å². The maximum absolute atomic E-state index is 12.9. The molecule has 3 aromatic carbocycles. The first-order chi connectivity index (χ1) is 16.8. The highest BCUT2D eigenvalue weighted by Gasteiger charge is 2.33. The number of carbonyl (C=O) groups excluding carboxylic acids is 2. The SMILES string of the molecule is CCOc1cc(/C=C2/NC(=O)N(Cc3ccc(C)cc3)C2=O)cc(Cl)c1OCc1cccc(C)c1. The van der Waals surface area contributed by atoms with Crippen LogP contribution in [0.4, 0.5) is 4.79 Å². The topological polar surface area (TPSA) is 67.9 Å². The Hall–Kier alpha value is -3.77. The van der Waals surface area contributed by atoms with Crippen molar-refractivity contribution in [2.45, 2.75) is 33.9 Å². The first-order valence-corrected chi connectivity index (χ1v) is 11.8. The molecule has 1 saturated heterocycles. The lowest BCUT2D eigenvalue weighted by molar-refractivity contribution is -0.123. The lowest BCUT2D eigenvalue weighted by Gasteiger charge is -2.15. The van der Waals surface area contributed by atoms with E-state index >= 15 is 0 Å². The Labute approximate surface area is 210 Å². The Kier molecular flexibility index (Phi) is 7.42. The van der Waals surface area contributed by atoms with Crippen LogP contribution in [-0.2, 0) is 17.9 Å². The summed E-state index contributed by atoms with van der Waals surface area (Å²) in [6.07, 6.45) is 1.59. The molecule has 0 bridgehead atoms. The zero-order valence-electron chi connectivity index (χ0n) is 19.9. The predicted molar refractivity (Wildman–Crippen MR) is 136 cm³/mol. The van der Waals surface area contributed by atoms with Crippen LogP contribution < -0.4 is 14.8 Å². The summed E-state index contributed by atoms with van der Waals surface area (Å²) in [4.78, 5) is 26.6. The van der Waals surface area contributed by atoms with Gasteiger partial charge in [0.1, 0.15) is 12.3 Å². The second-order valence-corrected chi connectivity index (χ2v) is 8.81. The molecule has 4 rings (SSSR count). The smallest absolute Gasteiger partial charge is 0.329 e. The molecule has 0 radical (unpaired) electrons. The summed E-state index contributed by atoms with van der Waals surface area (Å²) in [5.41, 5.74) is 4.93. The second-order valence-electron chi connectivity index (χ2n) is 8.41. The van der Waals surface area contributed by atoms with Crippen LogP contribution in [0.2, 0.25) is 5.02 Å².